The maximum Gasteiger partial charge on any atom is 0.117 e. The molecule has 3 heteroatoms. The fourth-order valence-electron chi connectivity index (χ4n) is 0.319. The fourth-order valence-corrected chi connectivity index (χ4v) is 0.319. The number of aliphatic imine (C=N–C) groups is 2. The van der Waals surface area contributed by atoms with Crippen molar-refractivity contribution in [3.63, 3.8) is 0 Å². The Morgan fingerprint density at radius 3 is 2.60 bits per heavy atom. The first kappa shape index (κ1) is 8.75. The van der Waals surface area contributed by atoms with E-state index in [0.717, 1.165) is 0 Å². The highest BCUT2D eigenvalue weighted by Crippen LogP contribution is 1.70. The minimum absolute atomic E-state index is 0.284. The molecule has 0 rings (SSSR count). The van der Waals surface area contributed by atoms with Gasteiger partial charge in [-0.3, -0.25) is 10.4 Å². The molecule has 0 saturated heterocycles. The van der Waals surface area contributed by atoms with Crippen LogP contribution in [0.3, 0.4) is 0 Å². The SMILES string of the molecule is CC=CN=CC=NC(C)=N. The zero-order valence-electron chi connectivity index (χ0n) is 6.20. The molecule has 1 N–H and O–H groups in total. The van der Waals surface area contributed by atoms with Gasteiger partial charge in [0.1, 0.15) is 5.84 Å². The van der Waals surface area contributed by atoms with Gasteiger partial charge in [-0.2, -0.15) is 0 Å². The van der Waals surface area contributed by atoms with E-state index in [9.17, 15) is 0 Å². The zero-order chi connectivity index (χ0) is 7.82. The Bertz CT molecular complexity index is 177. The molecular formula is C7H11N3. The van der Waals surface area contributed by atoms with Crippen LogP contribution in [0, 0.1) is 5.41 Å². The molecule has 0 fully saturated rings. The third kappa shape index (κ3) is 6.75. The van der Waals surface area contributed by atoms with Crippen LogP contribution in [0.5, 0.6) is 0 Å². The number of hydrogen-bond acceptors (Lipinski definition) is 2. The van der Waals surface area contributed by atoms with Gasteiger partial charge < -0.3 is 0 Å². The smallest absolute Gasteiger partial charge is 0.117 e. The average molecular weight is 137 g/mol. The van der Waals surface area contributed by atoms with Crippen molar-refractivity contribution in [2.24, 2.45) is 9.98 Å². The Morgan fingerprint density at radius 2 is 2.10 bits per heavy atom. The van der Waals surface area contributed by atoms with Crippen molar-refractivity contribution in [1.82, 2.24) is 0 Å². The Morgan fingerprint density at radius 1 is 1.40 bits per heavy atom. The minimum atomic E-state index is 0.284. The summed E-state index contributed by atoms with van der Waals surface area (Å²) in [6, 6.07) is 0. The highest BCUT2D eigenvalue weighted by molar-refractivity contribution is 6.18. The molecule has 0 heterocycles. The van der Waals surface area contributed by atoms with Crippen molar-refractivity contribution in [3.05, 3.63) is 12.3 Å². The van der Waals surface area contributed by atoms with Crippen molar-refractivity contribution in [2.45, 2.75) is 13.8 Å². The summed E-state index contributed by atoms with van der Waals surface area (Å²) >= 11 is 0. The third-order valence-corrected chi connectivity index (χ3v) is 0.656. The maximum atomic E-state index is 6.90. The van der Waals surface area contributed by atoms with Gasteiger partial charge in [-0.1, -0.05) is 6.08 Å². The highest BCUT2D eigenvalue weighted by atomic mass is 14.8. The van der Waals surface area contributed by atoms with Crippen LogP contribution < -0.4 is 0 Å². The highest BCUT2D eigenvalue weighted by Gasteiger charge is 1.70. The van der Waals surface area contributed by atoms with Gasteiger partial charge in [-0.05, 0) is 13.8 Å². The average Bonchev–Trinajstić information content (AvgIpc) is 1.87. The van der Waals surface area contributed by atoms with Gasteiger partial charge in [0.05, 0.1) is 0 Å². The van der Waals surface area contributed by atoms with Gasteiger partial charge in [0.25, 0.3) is 0 Å². The Kier molecular flexibility index (Phi) is 5.14. The van der Waals surface area contributed by atoms with E-state index in [1.165, 1.54) is 12.4 Å². The van der Waals surface area contributed by atoms with E-state index in [-0.39, 0.29) is 5.84 Å². The van der Waals surface area contributed by atoms with Gasteiger partial charge in [0.15, 0.2) is 0 Å². The third-order valence-electron chi connectivity index (χ3n) is 0.656. The first-order chi connectivity index (χ1) is 4.77. The molecule has 0 aliphatic heterocycles. The molecule has 0 spiro atoms. The van der Waals surface area contributed by atoms with E-state index >= 15 is 0 Å². The Hall–Kier alpha value is -1.25. The molecule has 0 aromatic carbocycles. The van der Waals surface area contributed by atoms with E-state index < -0.39 is 0 Å². The van der Waals surface area contributed by atoms with Crippen LogP contribution in [0.4, 0.5) is 0 Å². The number of amidine groups is 1. The summed E-state index contributed by atoms with van der Waals surface area (Å²) in [4.78, 5) is 7.48. The molecule has 54 valence electrons. The molecule has 0 aliphatic rings. The maximum absolute atomic E-state index is 6.90. The fraction of sp³-hybridized carbons (Fsp3) is 0.286. The van der Waals surface area contributed by atoms with E-state index in [2.05, 4.69) is 9.98 Å². The number of allylic oxidation sites excluding steroid dienone is 1. The second-order valence-electron chi connectivity index (χ2n) is 1.64. The number of rotatable bonds is 2. The van der Waals surface area contributed by atoms with Crippen LogP contribution >= 0.6 is 0 Å². The number of hydrogen-bond donors (Lipinski definition) is 1. The van der Waals surface area contributed by atoms with Crippen LogP contribution in [-0.4, -0.2) is 18.3 Å². The summed E-state index contributed by atoms with van der Waals surface area (Å²) < 4.78 is 0. The lowest BCUT2D eigenvalue weighted by Crippen LogP contribution is -1.82. The summed E-state index contributed by atoms with van der Waals surface area (Å²) in [6.45, 7) is 3.50. The zero-order valence-corrected chi connectivity index (χ0v) is 6.20. The van der Waals surface area contributed by atoms with Crippen LogP contribution in [0.2, 0.25) is 0 Å². The monoisotopic (exact) mass is 137 g/mol. The van der Waals surface area contributed by atoms with E-state index in [4.69, 9.17) is 5.41 Å². The van der Waals surface area contributed by atoms with E-state index in [1.807, 2.05) is 13.0 Å². The molecule has 0 aromatic heterocycles. The Balaban J connectivity index is 3.62. The number of nitrogens with zero attached hydrogens (tertiary/aromatic N) is 2. The largest absolute Gasteiger partial charge is 0.287 e. The molecule has 0 aliphatic carbocycles. The minimum Gasteiger partial charge on any atom is -0.287 e. The molecule has 0 aromatic rings. The number of nitrogens with one attached hydrogen (secondary N) is 1. The second kappa shape index (κ2) is 5.88. The predicted octanol–water partition coefficient (Wildman–Crippen LogP) is 1.66. The standard InChI is InChI=1S/C7H11N3/c1-3-4-9-5-6-10-7(2)8/h3-6,8H,1-2H3. The second-order valence-corrected chi connectivity index (χ2v) is 1.64. The van der Waals surface area contributed by atoms with Crippen LogP contribution in [0.15, 0.2) is 22.3 Å². The molecular weight excluding hydrogens is 126 g/mol. The molecule has 10 heavy (non-hydrogen) atoms. The van der Waals surface area contributed by atoms with E-state index in [0.29, 0.717) is 0 Å². The lowest BCUT2D eigenvalue weighted by atomic mass is 10.7. The first-order valence-electron chi connectivity index (χ1n) is 2.99. The molecule has 3 nitrogen and oxygen atoms in total. The van der Waals surface area contributed by atoms with Crippen LogP contribution in [0.1, 0.15) is 13.8 Å². The van der Waals surface area contributed by atoms with Crippen LogP contribution in [0.25, 0.3) is 0 Å². The van der Waals surface area contributed by atoms with Crippen molar-refractivity contribution in [2.75, 3.05) is 0 Å². The van der Waals surface area contributed by atoms with Crippen molar-refractivity contribution < 1.29 is 0 Å². The molecule has 0 radical (unpaired) electrons. The van der Waals surface area contributed by atoms with Crippen molar-refractivity contribution in [1.29, 1.82) is 5.41 Å². The molecule has 0 bridgehead atoms. The summed E-state index contributed by atoms with van der Waals surface area (Å²) in [5.41, 5.74) is 0. The van der Waals surface area contributed by atoms with Gasteiger partial charge in [-0.15, -0.1) is 0 Å². The first-order valence-corrected chi connectivity index (χ1v) is 2.99. The Labute approximate surface area is 60.7 Å². The van der Waals surface area contributed by atoms with Crippen LogP contribution in [-0.2, 0) is 0 Å². The normalized spacial score (nSPS) is 12.2. The summed E-state index contributed by atoms with van der Waals surface area (Å²) in [5.74, 6) is 0.284. The van der Waals surface area contributed by atoms with Gasteiger partial charge in [-0.25, -0.2) is 4.99 Å². The quantitative estimate of drug-likeness (QED) is 0.444. The molecule has 0 atom stereocenters. The molecule has 0 unspecified atom stereocenters. The van der Waals surface area contributed by atoms with Gasteiger partial charge >= 0.3 is 0 Å². The van der Waals surface area contributed by atoms with Crippen molar-refractivity contribution in [3.8, 4) is 0 Å². The topological polar surface area (TPSA) is 48.6 Å². The lowest BCUT2D eigenvalue weighted by molar-refractivity contribution is 1.42. The summed E-state index contributed by atoms with van der Waals surface area (Å²) in [5, 5.41) is 6.90. The van der Waals surface area contributed by atoms with Gasteiger partial charge in [0, 0.05) is 18.6 Å². The summed E-state index contributed by atoms with van der Waals surface area (Å²) in [7, 11) is 0. The van der Waals surface area contributed by atoms with Gasteiger partial charge in [0.2, 0.25) is 0 Å². The van der Waals surface area contributed by atoms with E-state index in [1.54, 1.807) is 13.1 Å². The van der Waals surface area contributed by atoms with Crippen molar-refractivity contribution >= 4 is 18.3 Å². The predicted molar refractivity (Wildman–Crippen MR) is 45.2 cm³/mol. The molecule has 0 saturated carbocycles. The lowest BCUT2D eigenvalue weighted by Gasteiger charge is -1.77. The molecule has 0 amide bonds. The summed E-state index contributed by atoms with van der Waals surface area (Å²) in [6.07, 6.45) is 6.51.